The molecule has 0 bridgehead atoms. The first-order valence-electron chi connectivity index (χ1n) is 5.22. The lowest BCUT2D eigenvalue weighted by Crippen LogP contribution is -2.34. The van der Waals surface area contributed by atoms with Crippen molar-refractivity contribution in [1.82, 2.24) is 15.6 Å². The highest BCUT2D eigenvalue weighted by Crippen LogP contribution is 2.00. The summed E-state index contributed by atoms with van der Waals surface area (Å²) in [5.41, 5.74) is 0.146. The Bertz CT molecular complexity index is 456. The van der Waals surface area contributed by atoms with Crippen LogP contribution in [0.4, 0.5) is 0 Å². The second-order valence-corrected chi connectivity index (χ2v) is 3.48. The van der Waals surface area contributed by atoms with Gasteiger partial charge in [0.15, 0.2) is 0 Å². The van der Waals surface area contributed by atoms with Gasteiger partial charge < -0.3 is 15.7 Å². The summed E-state index contributed by atoms with van der Waals surface area (Å²) in [6.45, 7) is 1.99. The molecule has 0 aliphatic rings. The Morgan fingerprint density at radius 3 is 2.39 bits per heavy atom. The first kappa shape index (κ1) is 13.6. The number of hydrogen-bond acceptors (Lipinski definition) is 4. The van der Waals surface area contributed by atoms with E-state index in [0.29, 0.717) is 6.54 Å². The Hall–Kier alpha value is -2.44. The van der Waals surface area contributed by atoms with Crippen molar-refractivity contribution in [3.8, 4) is 0 Å². The van der Waals surface area contributed by atoms with Gasteiger partial charge in [0.1, 0.15) is 5.69 Å². The number of aromatic carboxylic acids is 1. The molecule has 0 aliphatic carbocycles. The molecule has 1 rings (SSSR count). The normalized spacial score (nSPS) is 9.61. The number of pyridine rings is 1. The number of carboxylic acid groups (broad SMARTS) is 1. The summed E-state index contributed by atoms with van der Waals surface area (Å²) in [6, 6.07) is 2.63. The molecular formula is C11H13N3O4. The van der Waals surface area contributed by atoms with E-state index in [1.54, 1.807) is 0 Å². The number of nitrogens with zero attached hydrogens (tertiary/aromatic N) is 1. The maximum atomic E-state index is 11.5. The fraction of sp³-hybridized carbons (Fsp3) is 0.273. The highest BCUT2D eigenvalue weighted by Gasteiger charge is 2.08. The van der Waals surface area contributed by atoms with E-state index in [1.807, 2.05) is 0 Å². The monoisotopic (exact) mass is 251 g/mol. The third-order valence-electron chi connectivity index (χ3n) is 2.03. The molecule has 0 radical (unpaired) electrons. The smallest absolute Gasteiger partial charge is 0.337 e. The fourth-order valence-electron chi connectivity index (χ4n) is 1.16. The number of rotatable bonds is 5. The van der Waals surface area contributed by atoms with Gasteiger partial charge in [0.2, 0.25) is 5.91 Å². The van der Waals surface area contributed by atoms with Gasteiger partial charge in [-0.25, -0.2) is 4.79 Å². The number of hydrogen-bond donors (Lipinski definition) is 3. The highest BCUT2D eigenvalue weighted by atomic mass is 16.4. The molecule has 0 aromatic carbocycles. The molecule has 0 saturated heterocycles. The summed E-state index contributed by atoms with van der Waals surface area (Å²) in [7, 11) is 0. The molecule has 7 nitrogen and oxygen atoms in total. The predicted octanol–water partition coefficient (Wildman–Crippen LogP) is -0.354. The average molecular weight is 251 g/mol. The maximum Gasteiger partial charge on any atom is 0.337 e. The van der Waals surface area contributed by atoms with Crippen molar-refractivity contribution in [2.75, 3.05) is 13.1 Å². The van der Waals surface area contributed by atoms with Crippen LogP contribution in [0.1, 0.15) is 27.8 Å². The van der Waals surface area contributed by atoms with Gasteiger partial charge >= 0.3 is 5.97 Å². The topological polar surface area (TPSA) is 108 Å². The molecule has 0 unspecified atom stereocenters. The number of carbonyl (C=O) groups excluding carboxylic acids is 2. The molecule has 3 N–H and O–H groups in total. The standard InChI is InChI=1S/C11H13N3O4/c1-7(15)12-4-5-13-10(16)9-3-2-8(6-14-9)11(17)18/h2-3,6H,4-5H2,1H3,(H,12,15)(H,13,16)(H,17,18). The molecule has 0 fully saturated rings. The Balaban J connectivity index is 2.46. The zero-order chi connectivity index (χ0) is 13.5. The van der Waals surface area contributed by atoms with Crippen LogP contribution in [0.15, 0.2) is 18.3 Å². The van der Waals surface area contributed by atoms with Crippen molar-refractivity contribution in [2.45, 2.75) is 6.92 Å². The molecule has 18 heavy (non-hydrogen) atoms. The summed E-state index contributed by atoms with van der Waals surface area (Å²) in [4.78, 5) is 36.4. The van der Waals surface area contributed by atoms with Gasteiger partial charge in [0.05, 0.1) is 5.56 Å². The van der Waals surface area contributed by atoms with E-state index in [2.05, 4.69) is 15.6 Å². The Labute approximate surface area is 103 Å². The summed E-state index contributed by atoms with van der Waals surface area (Å²) in [5, 5.41) is 13.7. The van der Waals surface area contributed by atoms with E-state index < -0.39 is 11.9 Å². The lowest BCUT2D eigenvalue weighted by atomic mass is 10.2. The van der Waals surface area contributed by atoms with Crippen molar-refractivity contribution in [2.24, 2.45) is 0 Å². The van der Waals surface area contributed by atoms with Crippen LogP contribution in [0.2, 0.25) is 0 Å². The molecule has 2 amide bonds. The molecule has 1 aromatic heterocycles. The van der Waals surface area contributed by atoms with E-state index in [-0.39, 0.29) is 23.7 Å². The zero-order valence-electron chi connectivity index (χ0n) is 9.77. The quantitative estimate of drug-likeness (QED) is 0.619. The van der Waals surface area contributed by atoms with Gasteiger partial charge in [-0.15, -0.1) is 0 Å². The minimum absolute atomic E-state index is 0.0183. The first-order valence-corrected chi connectivity index (χ1v) is 5.22. The second-order valence-electron chi connectivity index (χ2n) is 3.48. The maximum absolute atomic E-state index is 11.5. The van der Waals surface area contributed by atoms with Crippen LogP contribution in [0.25, 0.3) is 0 Å². The molecule has 1 aromatic rings. The lowest BCUT2D eigenvalue weighted by molar-refractivity contribution is -0.118. The molecule has 0 saturated carbocycles. The summed E-state index contributed by atoms with van der Waals surface area (Å²) >= 11 is 0. The van der Waals surface area contributed by atoms with Gasteiger partial charge in [-0.1, -0.05) is 0 Å². The van der Waals surface area contributed by atoms with Crippen LogP contribution < -0.4 is 10.6 Å². The second kappa shape index (κ2) is 6.33. The third kappa shape index (κ3) is 4.20. The van der Waals surface area contributed by atoms with Crippen molar-refractivity contribution in [3.05, 3.63) is 29.6 Å². The van der Waals surface area contributed by atoms with Gasteiger partial charge in [-0.3, -0.25) is 14.6 Å². The van der Waals surface area contributed by atoms with E-state index in [1.165, 1.54) is 19.1 Å². The first-order chi connectivity index (χ1) is 8.50. The predicted molar refractivity (Wildman–Crippen MR) is 62.2 cm³/mol. The molecule has 96 valence electrons. The van der Waals surface area contributed by atoms with Crippen molar-refractivity contribution in [1.29, 1.82) is 0 Å². The van der Waals surface area contributed by atoms with E-state index in [4.69, 9.17) is 5.11 Å². The van der Waals surface area contributed by atoms with Gasteiger partial charge in [0.25, 0.3) is 5.91 Å². The van der Waals surface area contributed by atoms with Crippen LogP contribution in [0, 0.1) is 0 Å². The number of carboxylic acids is 1. The van der Waals surface area contributed by atoms with Crippen LogP contribution in [0.5, 0.6) is 0 Å². The van der Waals surface area contributed by atoms with Crippen molar-refractivity contribution >= 4 is 17.8 Å². The number of carbonyl (C=O) groups is 3. The van der Waals surface area contributed by atoms with E-state index in [9.17, 15) is 14.4 Å². The van der Waals surface area contributed by atoms with E-state index >= 15 is 0 Å². The molecule has 0 atom stereocenters. The molecular weight excluding hydrogens is 238 g/mol. The van der Waals surface area contributed by atoms with Gasteiger partial charge in [-0.2, -0.15) is 0 Å². The van der Waals surface area contributed by atoms with Gasteiger partial charge in [0, 0.05) is 26.2 Å². The average Bonchev–Trinajstić information content (AvgIpc) is 2.34. The number of nitrogens with one attached hydrogen (secondary N) is 2. The third-order valence-corrected chi connectivity index (χ3v) is 2.03. The molecule has 1 heterocycles. The molecule has 0 spiro atoms. The Kier molecular flexibility index (Phi) is 4.79. The molecule has 0 aliphatic heterocycles. The number of amides is 2. The van der Waals surface area contributed by atoms with Crippen LogP contribution in [-0.2, 0) is 4.79 Å². The Morgan fingerprint density at radius 1 is 1.22 bits per heavy atom. The largest absolute Gasteiger partial charge is 0.478 e. The van der Waals surface area contributed by atoms with Crippen LogP contribution >= 0.6 is 0 Å². The van der Waals surface area contributed by atoms with Crippen LogP contribution in [0.3, 0.4) is 0 Å². The minimum Gasteiger partial charge on any atom is -0.478 e. The zero-order valence-corrected chi connectivity index (χ0v) is 9.77. The van der Waals surface area contributed by atoms with Crippen molar-refractivity contribution < 1.29 is 19.5 Å². The molecule has 7 heteroatoms. The Morgan fingerprint density at radius 2 is 1.89 bits per heavy atom. The number of aromatic nitrogens is 1. The van der Waals surface area contributed by atoms with Gasteiger partial charge in [-0.05, 0) is 12.1 Å². The van der Waals surface area contributed by atoms with Crippen molar-refractivity contribution in [3.63, 3.8) is 0 Å². The SMILES string of the molecule is CC(=O)NCCNC(=O)c1ccc(C(=O)O)cn1. The minimum atomic E-state index is -1.10. The lowest BCUT2D eigenvalue weighted by Gasteiger charge is -2.05. The van der Waals surface area contributed by atoms with E-state index in [0.717, 1.165) is 6.20 Å². The fourth-order valence-corrected chi connectivity index (χ4v) is 1.16. The van der Waals surface area contributed by atoms with Crippen LogP contribution in [-0.4, -0.2) is 41.0 Å². The summed E-state index contributed by atoms with van der Waals surface area (Å²) in [5.74, 6) is -1.69. The summed E-state index contributed by atoms with van der Waals surface area (Å²) in [6.07, 6.45) is 1.12. The summed E-state index contributed by atoms with van der Waals surface area (Å²) < 4.78 is 0. The highest BCUT2D eigenvalue weighted by molar-refractivity contribution is 5.93.